The molecular formula is C13H11N3O2. The van der Waals surface area contributed by atoms with Crippen LogP contribution in [0.15, 0.2) is 45.8 Å². The molecule has 18 heavy (non-hydrogen) atoms. The van der Waals surface area contributed by atoms with Crippen LogP contribution in [-0.4, -0.2) is 10.1 Å². The van der Waals surface area contributed by atoms with Gasteiger partial charge in [0.05, 0.1) is 11.1 Å². The molecule has 0 aliphatic carbocycles. The van der Waals surface area contributed by atoms with Crippen LogP contribution in [0.25, 0.3) is 22.5 Å². The van der Waals surface area contributed by atoms with Gasteiger partial charge in [-0.1, -0.05) is 5.16 Å². The minimum Gasteiger partial charge on any atom is -0.469 e. The van der Waals surface area contributed by atoms with Crippen LogP contribution in [0.2, 0.25) is 0 Å². The van der Waals surface area contributed by atoms with Crippen molar-refractivity contribution in [1.29, 1.82) is 0 Å². The second-order valence-electron chi connectivity index (χ2n) is 3.95. The van der Waals surface area contributed by atoms with Crippen molar-refractivity contribution in [2.24, 2.45) is 0 Å². The van der Waals surface area contributed by atoms with Crippen LogP contribution in [-0.2, 0) is 0 Å². The van der Waals surface area contributed by atoms with Crippen molar-refractivity contribution < 1.29 is 8.94 Å². The molecule has 0 saturated heterocycles. The first kappa shape index (κ1) is 10.6. The molecule has 0 saturated carbocycles. The second kappa shape index (κ2) is 4.03. The van der Waals surface area contributed by atoms with Gasteiger partial charge in [-0.2, -0.15) is 0 Å². The van der Waals surface area contributed by atoms with E-state index >= 15 is 0 Å². The normalized spacial score (nSPS) is 10.7. The van der Waals surface area contributed by atoms with Gasteiger partial charge >= 0.3 is 0 Å². The lowest BCUT2D eigenvalue weighted by Gasteiger charge is -1.99. The molecule has 0 unspecified atom stereocenters. The molecule has 0 atom stereocenters. The lowest BCUT2D eigenvalue weighted by molar-refractivity contribution is 0.435. The predicted molar refractivity (Wildman–Crippen MR) is 66.6 cm³/mol. The number of rotatable bonds is 2. The fourth-order valence-electron chi connectivity index (χ4n) is 1.86. The number of anilines is 1. The van der Waals surface area contributed by atoms with Crippen molar-refractivity contribution >= 4 is 5.82 Å². The van der Waals surface area contributed by atoms with E-state index in [2.05, 4.69) is 10.1 Å². The molecule has 3 heterocycles. The summed E-state index contributed by atoms with van der Waals surface area (Å²) in [6, 6.07) is 5.60. The highest BCUT2D eigenvalue weighted by atomic mass is 16.5. The summed E-state index contributed by atoms with van der Waals surface area (Å²) in [7, 11) is 0. The second-order valence-corrected chi connectivity index (χ2v) is 3.95. The number of nitrogens with zero attached hydrogens (tertiary/aromatic N) is 2. The highest BCUT2D eigenvalue weighted by Crippen LogP contribution is 2.36. The number of hydrogen-bond acceptors (Lipinski definition) is 5. The molecule has 0 aliphatic rings. The van der Waals surface area contributed by atoms with Crippen molar-refractivity contribution in [3.8, 4) is 22.5 Å². The molecule has 3 aromatic rings. The van der Waals surface area contributed by atoms with E-state index in [1.807, 2.05) is 25.1 Å². The van der Waals surface area contributed by atoms with E-state index in [1.54, 1.807) is 18.7 Å². The van der Waals surface area contributed by atoms with E-state index < -0.39 is 0 Å². The van der Waals surface area contributed by atoms with Crippen molar-refractivity contribution in [2.45, 2.75) is 6.92 Å². The first-order chi connectivity index (χ1) is 8.75. The summed E-state index contributed by atoms with van der Waals surface area (Å²) in [4.78, 5) is 3.98. The minimum absolute atomic E-state index is 0.357. The number of nitrogen functional groups attached to an aromatic ring is 1. The van der Waals surface area contributed by atoms with Gasteiger partial charge in [-0.3, -0.25) is 4.98 Å². The number of furan rings is 1. The Bertz CT molecular complexity index is 671. The maximum atomic E-state index is 5.86. The van der Waals surface area contributed by atoms with Gasteiger partial charge in [-0.15, -0.1) is 0 Å². The van der Waals surface area contributed by atoms with Crippen molar-refractivity contribution in [1.82, 2.24) is 10.1 Å². The summed E-state index contributed by atoms with van der Waals surface area (Å²) >= 11 is 0. The van der Waals surface area contributed by atoms with Gasteiger partial charge in [0.15, 0.2) is 11.6 Å². The van der Waals surface area contributed by atoms with Crippen molar-refractivity contribution in [3.05, 3.63) is 42.6 Å². The minimum atomic E-state index is 0.357. The average Bonchev–Trinajstić information content (AvgIpc) is 2.96. The topological polar surface area (TPSA) is 78.1 Å². The largest absolute Gasteiger partial charge is 0.469 e. The number of aryl methyl sites for hydroxylation is 1. The van der Waals surface area contributed by atoms with Gasteiger partial charge in [-0.25, -0.2) is 0 Å². The van der Waals surface area contributed by atoms with E-state index in [9.17, 15) is 0 Å². The third kappa shape index (κ3) is 1.66. The Hall–Kier alpha value is -2.56. The lowest BCUT2D eigenvalue weighted by Crippen LogP contribution is -1.88. The smallest absolute Gasteiger partial charge is 0.180 e. The van der Waals surface area contributed by atoms with E-state index in [4.69, 9.17) is 14.7 Å². The van der Waals surface area contributed by atoms with Gasteiger partial charge in [0.2, 0.25) is 0 Å². The molecule has 0 radical (unpaired) electrons. The van der Waals surface area contributed by atoms with E-state index in [1.165, 1.54) is 0 Å². The van der Waals surface area contributed by atoms with Gasteiger partial charge in [0.1, 0.15) is 12.0 Å². The zero-order valence-electron chi connectivity index (χ0n) is 9.75. The zero-order chi connectivity index (χ0) is 12.5. The molecule has 0 aliphatic heterocycles. The van der Waals surface area contributed by atoms with Gasteiger partial charge in [0, 0.05) is 12.4 Å². The summed E-state index contributed by atoms with van der Waals surface area (Å²) < 4.78 is 10.6. The Kier molecular flexibility index (Phi) is 2.37. The van der Waals surface area contributed by atoms with Crippen LogP contribution in [0.4, 0.5) is 5.82 Å². The van der Waals surface area contributed by atoms with Crippen LogP contribution in [0, 0.1) is 6.92 Å². The first-order valence-electron chi connectivity index (χ1n) is 5.47. The number of hydrogen-bond donors (Lipinski definition) is 1. The number of nitrogens with two attached hydrogens (primary N) is 1. The van der Waals surface area contributed by atoms with Crippen molar-refractivity contribution in [2.75, 3.05) is 5.73 Å². The quantitative estimate of drug-likeness (QED) is 0.746. The molecule has 3 rings (SSSR count). The van der Waals surface area contributed by atoms with Gasteiger partial charge in [0.25, 0.3) is 0 Å². The number of pyridine rings is 1. The molecule has 5 heteroatoms. The molecule has 5 nitrogen and oxygen atoms in total. The maximum absolute atomic E-state index is 5.86. The van der Waals surface area contributed by atoms with Crippen LogP contribution in [0.3, 0.4) is 0 Å². The van der Waals surface area contributed by atoms with Crippen LogP contribution >= 0.6 is 0 Å². The molecule has 0 bridgehead atoms. The lowest BCUT2D eigenvalue weighted by atomic mass is 10.0. The Balaban J connectivity index is 2.18. The molecule has 0 aromatic carbocycles. The molecule has 0 spiro atoms. The summed E-state index contributed by atoms with van der Waals surface area (Å²) in [6.45, 7) is 1.87. The number of aromatic nitrogens is 2. The first-order valence-corrected chi connectivity index (χ1v) is 5.47. The summed E-state index contributed by atoms with van der Waals surface area (Å²) in [5.74, 6) is 1.77. The highest BCUT2D eigenvalue weighted by molar-refractivity contribution is 5.86. The summed E-state index contributed by atoms with van der Waals surface area (Å²) in [5, 5.41) is 3.82. The third-order valence-corrected chi connectivity index (χ3v) is 2.68. The van der Waals surface area contributed by atoms with Crippen LogP contribution < -0.4 is 5.73 Å². The van der Waals surface area contributed by atoms with Crippen LogP contribution in [0.5, 0.6) is 0 Å². The Morgan fingerprint density at radius 3 is 2.61 bits per heavy atom. The SMILES string of the molecule is Cc1cc(-c2onc(N)c2-c2ccncc2)co1. The molecule has 90 valence electrons. The Morgan fingerprint density at radius 1 is 1.17 bits per heavy atom. The van der Waals surface area contributed by atoms with E-state index in [0.29, 0.717) is 11.6 Å². The van der Waals surface area contributed by atoms with Gasteiger partial charge in [-0.05, 0) is 30.7 Å². The van der Waals surface area contributed by atoms with Crippen molar-refractivity contribution in [3.63, 3.8) is 0 Å². The van der Waals surface area contributed by atoms with Crippen LogP contribution in [0.1, 0.15) is 5.76 Å². The predicted octanol–water partition coefficient (Wildman–Crippen LogP) is 2.89. The standard InChI is InChI=1S/C13H11N3O2/c1-8-6-10(7-17-8)12-11(13(14)16-18-12)9-2-4-15-5-3-9/h2-7H,1H3,(H2,14,16). The Morgan fingerprint density at radius 2 is 1.94 bits per heavy atom. The molecule has 2 N–H and O–H groups in total. The monoisotopic (exact) mass is 241 g/mol. The van der Waals surface area contributed by atoms with E-state index in [-0.39, 0.29) is 0 Å². The molecule has 0 fully saturated rings. The third-order valence-electron chi connectivity index (χ3n) is 2.68. The summed E-state index contributed by atoms with van der Waals surface area (Å²) in [5.41, 5.74) is 8.36. The summed E-state index contributed by atoms with van der Waals surface area (Å²) in [6.07, 6.45) is 5.03. The molecule has 3 aromatic heterocycles. The zero-order valence-corrected chi connectivity index (χ0v) is 9.75. The van der Waals surface area contributed by atoms with E-state index in [0.717, 1.165) is 22.5 Å². The van der Waals surface area contributed by atoms with Gasteiger partial charge < -0.3 is 14.7 Å². The highest BCUT2D eigenvalue weighted by Gasteiger charge is 2.18. The fraction of sp³-hybridized carbons (Fsp3) is 0.0769. The molecular weight excluding hydrogens is 230 g/mol. The molecule has 0 amide bonds. The maximum Gasteiger partial charge on any atom is 0.180 e. The Labute approximate surface area is 103 Å². The fourth-order valence-corrected chi connectivity index (χ4v) is 1.86. The average molecular weight is 241 g/mol.